The lowest BCUT2D eigenvalue weighted by atomic mass is 10.2. The first kappa shape index (κ1) is 17.7. The van der Waals surface area contributed by atoms with Crippen LogP contribution in [0.1, 0.15) is 35.7 Å². The van der Waals surface area contributed by atoms with Crippen LogP contribution in [0.2, 0.25) is 0 Å². The number of aromatic nitrogens is 1. The molecule has 0 saturated heterocycles. The molecule has 0 bridgehead atoms. The summed E-state index contributed by atoms with van der Waals surface area (Å²) in [5.74, 6) is 1.61. The minimum atomic E-state index is -0.341. The lowest BCUT2D eigenvalue weighted by Crippen LogP contribution is -2.11. The monoisotopic (exact) mass is 351 g/mol. The zero-order valence-corrected chi connectivity index (χ0v) is 15.1. The second-order valence-electron chi connectivity index (χ2n) is 6.16. The van der Waals surface area contributed by atoms with Crippen molar-refractivity contribution in [3.8, 4) is 17.2 Å². The van der Waals surface area contributed by atoms with Gasteiger partial charge in [0.15, 0.2) is 0 Å². The first-order valence-corrected chi connectivity index (χ1v) is 8.48. The van der Waals surface area contributed by atoms with Gasteiger partial charge in [-0.25, -0.2) is 9.78 Å². The van der Waals surface area contributed by atoms with E-state index in [-0.39, 0.29) is 18.7 Å². The molecule has 26 heavy (non-hydrogen) atoms. The van der Waals surface area contributed by atoms with Gasteiger partial charge in [0.2, 0.25) is 5.89 Å². The van der Waals surface area contributed by atoms with E-state index in [0.717, 1.165) is 17.0 Å². The minimum Gasteiger partial charge on any atom is -0.487 e. The van der Waals surface area contributed by atoms with Crippen LogP contribution in [0.4, 0.5) is 0 Å². The van der Waals surface area contributed by atoms with Crippen molar-refractivity contribution in [2.75, 3.05) is 0 Å². The highest BCUT2D eigenvalue weighted by Gasteiger charge is 2.13. The van der Waals surface area contributed by atoms with Gasteiger partial charge in [-0.2, -0.15) is 0 Å². The number of hydrogen-bond acceptors (Lipinski definition) is 5. The average Bonchev–Trinajstić information content (AvgIpc) is 3.01. The number of carbonyl (C=O) groups excluding carboxylic acids is 1. The van der Waals surface area contributed by atoms with Crippen molar-refractivity contribution in [3.05, 3.63) is 71.6 Å². The molecule has 3 aromatic rings. The van der Waals surface area contributed by atoms with E-state index in [4.69, 9.17) is 13.9 Å². The topological polar surface area (TPSA) is 61.6 Å². The third-order valence-corrected chi connectivity index (χ3v) is 3.72. The SMILES string of the molecule is Cc1oc(-c2ccccc2)nc1COc1ccc(C(=O)OC(C)C)cc1. The van der Waals surface area contributed by atoms with Gasteiger partial charge in [-0.05, 0) is 57.2 Å². The van der Waals surface area contributed by atoms with Gasteiger partial charge < -0.3 is 13.9 Å². The molecule has 0 unspecified atom stereocenters. The van der Waals surface area contributed by atoms with Gasteiger partial charge in [0.1, 0.15) is 23.8 Å². The van der Waals surface area contributed by atoms with E-state index < -0.39 is 0 Å². The average molecular weight is 351 g/mol. The van der Waals surface area contributed by atoms with Gasteiger partial charge >= 0.3 is 5.97 Å². The van der Waals surface area contributed by atoms with E-state index in [1.807, 2.05) is 51.1 Å². The predicted molar refractivity (Wildman–Crippen MR) is 98.0 cm³/mol. The Bertz CT molecular complexity index is 867. The van der Waals surface area contributed by atoms with Crippen molar-refractivity contribution in [3.63, 3.8) is 0 Å². The number of benzene rings is 2. The Hall–Kier alpha value is -3.08. The molecule has 3 rings (SSSR count). The van der Waals surface area contributed by atoms with Crippen molar-refractivity contribution in [1.82, 2.24) is 4.98 Å². The van der Waals surface area contributed by atoms with E-state index in [9.17, 15) is 4.79 Å². The number of aryl methyl sites for hydroxylation is 1. The third kappa shape index (κ3) is 4.30. The molecule has 0 fully saturated rings. The molecule has 0 N–H and O–H groups in total. The number of esters is 1. The second-order valence-corrected chi connectivity index (χ2v) is 6.16. The molecule has 0 saturated carbocycles. The number of hydrogen-bond donors (Lipinski definition) is 0. The quantitative estimate of drug-likeness (QED) is 0.597. The van der Waals surface area contributed by atoms with Crippen molar-refractivity contribution in [2.45, 2.75) is 33.5 Å². The molecule has 0 aliphatic rings. The summed E-state index contributed by atoms with van der Waals surface area (Å²) in [7, 11) is 0. The Balaban J connectivity index is 1.64. The van der Waals surface area contributed by atoms with Crippen molar-refractivity contribution < 1.29 is 18.7 Å². The smallest absolute Gasteiger partial charge is 0.338 e. The summed E-state index contributed by atoms with van der Waals surface area (Å²) in [6, 6.07) is 16.6. The highest BCUT2D eigenvalue weighted by atomic mass is 16.5. The molecule has 0 aliphatic heterocycles. The lowest BCUT2D eigenvalue weighted by Gasteiger charge is -2.09. The minimum absolute atomic E-state index is 0.146. The summed E-state index contributed by atoms with van der Waals surface area (Å²) in [4.78, 5) is 16.4. The summed E-state index contributed by atoms with van der Waals surface area (Å²) in [6.07, 6.45) is -0.146. The Labute approximate surface area is 152 Å². The molecule has 0 amide bonds. The van der Waals surface area contributed by atoms with Gasteiger partial charge in [-0.3, -0.25) is 0 Å². The molecular weight excluding hydrogens is 330 g/mol. The summed E-state index contributed by atoms with van der Waals surface area (Å²) in [6.45, 7) is 5.79. The van der Waals surface area contributed by atoms with Gasteiger partial charge in [0.05, 0.1) is 11.7 Å². The summed E-state index contributed by atoms with van der Waals surface area (Å²) in [5.41, 5.74) is 2.16. The second kappa shape index (κ2) is 7.87. The number of ether oxygens (including phenoxy) is 2. The normalized spacial score (nSPS) is 10.8. The Morgan fingerprint density at radius 1 is 1.08 bits per heavy atom. The van der Waals surface area contributed by atoms with Crippen molar-refractivity contribution >= 4 is 5.97 Å². The van der Waals surface area contributed by atoms with E-state index in [2.05, 4.69) is 4.98 Å². The molecule has 5 nitrogen and oxygen atoms in total. The first-order valence-electron chi connectivity index (χ1n) is 8.48. The molecule has 0 aliphatic carbocycles. The van der Waals surface area contributed by atoms with E-state index in [1.54, 1.807) is 24.3 Å². The van der Waals surface area contributed by atoms with E-state index >= 15 is 0 Å². The molecule has 1 heterocycles. The maximum absolute atomic E-state index is 11.8. The highest BCUT2D eigenvalue weighted by Crippen LogP contribution is 2.22. The Morgan fingerprint density at radius 3 is 2.42 bits per heavy atom. The largest absolute Gasteiger partial charge is 0.487 e. The maximum Gasteiger partial charge on any atom is 0.338 e. The van der Waals surface area contributed by atoms with Crippen LogP contribution in [0.3, 0.4) is 0 Å². The van der Waals surface area contributed by atoms with Crippen LogP contribution in [0.5, 0.6) is 5.75 Å². The van der Waals surface area contributed by atoms with Crippen LogP contribution in [0, 0.1) is 6.92 Å². The van der Waals surface area contributed by atoms with Crippen LogP contribution >= 0.6 is 0 Å². The molecule has 134 valence electrons. The molecule has 0 spiro atoms. The maximum atomic E-state index is 11.8. The summed E-state index contributed by atoms with van der Waals surface area (Å²) < 4.78 is 16.7. The van der Waals surface area contributed by atoms with Crippen LogP contribution in [-0.2, 0) is 11.3 Å². The van der Waals surface area contributed by atoms with Crippen molar-refractivity contribution in [1.29, 1.82) is 0 Å². The van der Waals surface area contributed by atoms with Gasteiger partial charge in [-0.15, -0.1) is 0 Å². The molecule has 5 heteroatoms. The summed E-state index contributed by atoms with van der Waals surface area (Å²) in [5, 5.41) is 0. The van der Waals surface area contributed by atoms with Crippen LogP contribution in [0.15, 0.2) is 59.0 Å². The third-order valence-electron chi connectivity index (χ3n) is 3.72. The van der Waals surface area contributed by atoms with E-state index in [1.165, 1.54) is 0 Å². The van der Waals surface area contributed by atoms with Gasteiger partial charge in [0, 0.05) is 5.56 Å². The number of nitrogens with zero attached hydrogens (tertiary/aromatic N) is 1. The molecular formula is C21H21NO4. The first-order chi connectivity index (χ1) is 12.5. The fraction of sp³-hybridized carbons (Fsp3) is 0.238. The number of rotatable bonds is 6. The Kier molecular flexibility index (Phi) is 5.37. The zero-order chi connectivity index (χ0) is 18.5. The lowest BCUT2D eigenvalue weighted by molar-refractivity contribution is 0.0378. The number of oxazole rings is 1. The predicted octanol–water partition coefficient (Wildman–Crippen LogP) is 4.79. The fourth-order valence-electron chi connectivity index (χ4n) is 2.39. The molecule has 0 radical (unpaired) electrons. The molecule has 1 aromatic heterocycles. The molecule has 0 atom stereocenters. The highest BCUT2D eigenvalue weighted by molar-refractivity contribution is 5.89. The number of carbonyl (C=O) groups is 1. The van der Waals surface area contributed by atoms with Crippen molar-refractivity contribution in [2.24, 2.45) is 0 Å². The summed E-state index contributed by atoms with van der Waals surface area (Å²) >= 11 is 0. The van der Waals surface area contributed by atoms with Crippen LogP contribution in [0.25, 0.3) is 11.5 Å². The molecule has 2 aromatic carbocycles. The zero-order valence-electron chi connectivity index (χ0n) is 15.1. The standard InChI is InChI=1S/C21H21NO4/c1-14(2)25-21(23)17-9-11-18(12-10-17)24-13-19-15(3)26-20(22-19)16-7-5-4-6-8-16/h4-12,14H,13H2,1-3H3. The Morgan fingerprint density at radius 2 is 1.77 bits per heavy atom. The van der Waals surface area contributed by atoms with Crippen LogP contribution in [-0.4, -0.2) is 17.1 Å². The van der Waals surface area contributed by atoms with Gasteiger partial charge in [-0.1, -0.05) is 18.2 Å². The van der Waals surface area contributed by atoms with E-state index in [0.29, 0.717) is 17.2 Å². The van der Waals surface area contributed by atoms with Gasteiger partial charge in [0.25, 0.3) is 0 Å². The van der Waals surface area contributed by atoms with Crippen LogP contribution < -0.4 is 4.74 Å². The fourth-order valence-corrected chi connectivity index (χ4v) is 2.39.